The smallest absolute Gasteiger partial charge is 0.255 e. The molecule has 0 fully saturated rings. The van der Waals surface area contributed by atoms with E-state index in [-0.39, 0.29) is 17.9 Å². The second-order valence-corrected chi connectivity index (χ2v) is 7.16. The van der Waals surface area contributed by atoms with Gasteiger partial charge in [-0.2, -0.15) is 0 Å². The second kappa shape index (κ2) is 8.13. The van der Waals surface area contributed by atoms with E-state index in [1.807, 2.05) is 37.3 Å². The first-order chi connectivity index (χ1) is 14.1. The Morgan fingerprint density at radius 1 is 1.21 bits per heavy atom. The molecular formula is C22H24N2O5. The minimum absolute atomic E-state index is 0.130. The Kier molecular flexibility index (Phi) is 5.40. The average molecular weight is 396 g/mol. The zero-order chi connectivity index (χ0) is 20.4. The van der Waals surface area contributed by atoms with Crippen LogP contribution in [0.3, 0.4) is 0 Å². The molecule has 7 heteroatoms. The first-order valence-corrected chi connectivity index (χ1v) is 9.69. The highest BCUT2D eigenvalue weighted by Crippen LogP contribution is 2.33. The van der Waals surface area contributed by atoms with Crippen LogP contribution in [0.2, 0.25) is 0 Å². The van der Waals surface area contributed by atoms with Gasteiger partial charge in [-0.15, -0.1) is 0 Å². The Hall–Kier alpha value is -3.06. The molecular weight excluding hydrogens is 372 g/mol. The van der Waals surface area contributed by atoms with Gasteiger partial charge < -0.3 is 24.4 Å². The fourth-order valence-electron chi connectivity index (χ4n) is 3.68. The number of carbonyl (C=O) groups excluding carboxylic acids is 2. The summed E-state index contributed by atoms with van der Waals surface area (Å²) in [6.45, 7) is 4.40. The van der Waals surface area contributed by atoms with Crippen molar-refractivity contribution >= 4 is 11.8 Å². The first-order valence-electron chi connectivity index (χ1n) is 9.69. The van der Waals surface area contributed by atoms with Crippen molar-refractivity contribution in [2.75, 3.05) is 33.5 Å². The predicted octanol–water partition coefficient (Wildman–Crippen LogP) is 2.55. The highest BCUT2D eigenvalue weighted by atomic mass is 16.6. The highest BCUT2D eigenvalue weighted by Gasteiger charge is 2.31. The first kappa shape index (κ1) is 19.3. The number of nitrogens with one attached hydrogen (secondary N) is 1. The quantitative estimate of drug-likeness (QED) is 0.812. The number of amides is 2. The summed E-state index contributed by atoms with van der Waals surface area (Å²) in [5.41, 5.74) is 2.65. The van der Waals surface area contributed by atoms with E-state index in [0.717, 1.165) is 11.1 Å². The lowest BCUT2D eigenvalue weighted by Gasteiger charge is -2.21. The normalized spacial score (nSPS) is 15.8. The molecule has 0 spiro atoms. The van der Waals surface area contributed by atoms with Crippen LogP contribution in [-0.2, 0) is 11.3 Å². The largest absolute Gasteiger partial charge is 0.486 e. The van der Waals surface area contributed by atoms with E-state index in [4.69, 9.17) is 14.2 Å². The number of carbonyl (C=O) groups is 2. The standard InChI is InChI=1S/C22H24N2O5/c1-14(15-6-7-18-19(12-15)29-11-10-28-18)23-21(25)17-5-3-4-16-13-24(8-9-27-2)22(26)20(16)17/h3-7,12,14H,8-11,13H2,1-2H3,(H,23,25)/t14-/m1/s1. The summed E-state index contributed by atoms with van der Waals surface area (Å²) in [5, 5.41) is 3.00. The van der Waals surface area contributed by atoms with Crippen LogP contribution in [0.25, 0.3) is 0 Å². The molecule has 4 rings (SSSR count). The van der Waals surface area contributed by atoms with Gasteiger partial charge >= 0.3 is 0 Å². The van der Waals surface area contributed by atoms with Gasteiger partial charge in [-0.3, -0.25) is 9.59 Å². The Morgan fingerprint density at radius 3 is 2.79 bits per heavy atom. The van der Waals surface area contributed by atoms with Crippen molar-refractivity contribution in [1.29, 1.82) is 0 Å². The van der Waals surface area contributed by atoms with Gasteiger partial charge in [-0.1, -0.05) is 18.2 Å². The van der Waals surface area contributed by atoms with Gasteiger partial charge in [0.05, 0.1) is 23.8 Å². The summed E-state index contributed by atoms with van der Waals surface area (Å²) in [5.74, 6) is 0.988. The number of methoxy groups -OCH3 is 1. The summed E-state index contributed by atoms with van der Waals surface area (Å²) in [4.78, 5) is 27.5. The van der Waals surface area contributed by atoms with Gasteiger partial charge in [0.1, 0.15) is 13.2 Å². The Bertz CT molecular complexity index is 943. The van der Waals surface area contributed by atoms with E-state index >= 15 is 0 Å². The minimum atomic E-state index is -0.272. The fourth-order valence-corrected chi connectivity index (χ4v) is 3.68. The molecule has 1 N–H and O–H groups in total. The predicted molar refractivity (Wildman–Crippen MR) is 106 cm³/mol. The molecule has 0 radical (unpaired) electrons. The summed E-state index contributed by atoms with van der Waals surface area (Å²) in [6.07, 6.45) is 0. The maximum atomic E-state index is 13.0. The topological polar surface area (TPSA) is 77.1 Å². The third-order valence-electron chi connectivity index (χ3n) is 5.24. The van der Waals surface area contributed by atoms with Crippen LogP contribution >= 0.6 is 0 Å². The lowest BCUT2D eigenvalue weighted by molar-refractivity contribution is 0.0715. The van der Waals surface area contributed by atoms with Crippen molar-refractivity contribution in [3.05, 3.63) is 58.7 Å². The number of fused-ring (bicyclic) bond motifs is 2. The molecule has 2 heterocycles. The molecule has 29 heavy (non-hydrogen) atoms. The molecule has 0 saturated heterocycles. The van der Waals surface area contributed by atoms with Crippen molar-refractivity contribution in [2.45, 2.75) is 19.5 Å². The van der Waals surface area contributed by atoms with Gasteiger partial charge in [0, 0.05) is 20.2 Å². The number of hydrogen-bond acceptors (Lipinski definition) is 5. The summed E-state index contributed by atoms with van der Waals surface area (Å²) >= 11 is 0. The SMILES string of the molecule is COCCN1Cc2cccc(C(=O)N[C@H](C)c3ccc4c(c3)OCCO4)c2C1=O. The summed E-state index contributed by atoms with van der Waals surface area (Å²) in [7, 11) is 1.60. The lowest BCUT2D eigenvalue weighted by atomic mass is 10.0. The Morgan fingerprint density at radius 2 is 2.00 bits per heavy atom. The van der Waals surface area contributed by atoms with E-state index in [9.17, 15) is 9.59 Å². The number of rotatable bonds is 6. The van der Waals surface area contributed by atoms with Crippen molar-refractivity contribution < 1.29 is 23.8 Å². The molecule has 2 aliphatic rings. The molecule has 2 aromatic rings. The molecule has 2 aromatic carbocycles. The van der Waals surface area contributed by atoms with Gasteiger partial charge in [0.25, 0.3) is 11.8 Å². The molecule has 0 unspecified atom stereocenters. The van der Waals surface area contributed by atoms with Crippen molar-refractivity contribution in [3.63, 3.8) is 0 Å². The van der Waals surface area contributed by atoms with Crippen LogP contribution < -0.4 is 14.8 Å². The van der Waals surface area contributed by atoms with Crippen molar-refractivity contribution in [1.82, 2.24) is 10.2 Å². The Labute approximate surface area is 169 Å². The Balaban J connectivity index is 1.51. The second-order valence-electron chi connectivity index (χ2n) is 7.16. The third kappa shape index (κ3) is 3.78. The molecule has 2 amide bonds. The number of ether oxygens (including phenoxy) is 3. The van der Waals surface area contributed by atoms with E-state index in [1.54, 1.807) is 18.1 Å². The van der Waals surface area contributed by atoms with Gasteiger partial charge in [0.15, 0.2) is 11.5 Å². The van der Waals surface area contributed by atoms with Gasteiger partial charge in [-0.05, 0) is 36.2 Å². The minimum Gasteiger partial charge on any atom is -0.486 e. The number of hydrogen-bond donors (Lipinski definition) is 1. The van der Waals surface area contributed by atoms with Crippen LogP contribution in [0, 0.1) is 0 Å². The summed E-state index contributed by atoms with van der Waals surface area (Å²) in [6, 6.07) is 10.8. The van der Waals surface area contributed by atoms with Gasteiger partial charge in [0.2, 0.25) is 0 Å². The van der Waals surface area contributed by atoms with Crippen LogP contribution in [-0.4, -0.2) is 50.2 Å². The number of nitrogens with zero attached hydrogens (tertiary/aromatic N) is 1. The fraction of sp³-hybridized carbons (Fsp3) is 0.364. The van der Waals surface area contributed by atoms with E-state index in [2.05, 4.69) is 5.32 Å². The molecule has 2 aliphatic heterocycles. The molecule has 0 saturated carbocycles. The summed E-state index contributed by atoms with van der Waals surface area (Å²) < 4.78 is 16.2. The molecule has 0 aromatic heterocycles. The zero-order valence-corrected chi connectivity index (χ0v) is 16.6. The molecule has 152 valence electrons. The molecule has 1 atom stereocenters. The zero-order valence-electron chi connectivity index (χ0n) is 16.6. The highest BCUT2D eigenvalue weighted by molar-refractivity contribution is 6.09. The van der Waals surface area contributed by atoms with Gasteiger partial charge in [-0.25, -0.2) is 0 Å². The van der Waals surface area contributed by atoms with Crippen LogP contribution in [0.15, 0.2) is 36.4 Å². The van der Waals surface area contributed by atoms with E-state index in [1.165, 1.54) is 0 Å². The number of benzene rings is 2. The average Bonchev–Trinajstić information content (AvgIpc) is 3.07. The van der Waals surface area contributed by atoms with Crippen LogP contribution in [0.5, 0.6) is 11.5 Å². The van der Waals surface area contributed by atoms with Crippen molar-refractivity contribution in [3.8, 4) is 11.5 Å². The monoisotopic (exact) mass is 396 g/mol. The van der Waals surface area contributed by atoms with E-state index < -0.39 is 0 Å². The maximum Gasteiger partial charge on any atom is 0.255 e. The molecule has 0 aliphatic carbocycles. The lowest BCUT2D eigenvalue weighted by Crippen LogP contribution is -2.30. The van der Waals surface area contributed by atoms with Crippen LogP contribution in [0.4, 0.5) is 0 Å². The maximum absolute atomic E-state index is 13.0. The third-order valence-corrected chi connectivity index (χ3v) is 5.24. The van der Waals surface area contributed by atoms with Crippen LogP contribution in [0.1, 0.15) is 44.8 Å². The van der Waals surface area contributed by atoms with E-state index in [0.29, 0.717) is 55.5 Å². The molecule has 0 bridgehead atoms. The van der Waals surface area contributed by atoms with Crippen molar-refractivity contribution in [2.24, 2.45) is 0 Å². The molecule has 7 nitrogen and oxygen atoms in total.